The van der Waals surface area contributed by atoms with Crippen molar-refractivity contribution in [2.75, 3.05) is 6.54 Å². The van der Waals surface area contributed by atoms with Gasteiger partial charge in [-0.3, -0.25) is 4.79 Å². The molecule has 0 aromatic heterocycles. The van der Waals surface area contributed by atoms with Crippen LogP contribution in [0, 0.1) is 0 Å². The molecule has 0 saturated carbocycles. The topological polar surface area (TPSA) is 55.1 Å². The van der Waals surface area contributed by atoms with E-state index in [1.165, 1.54) is 0 Å². The number of benzene rings is 1. The van der Waals surface area contributed by atoms with Gasteiger partial charge in [-0.25, -0.2) is 0 Å². The van der Waals surface area contributed by atoms with Crippen molar-refractivity contribution in [3.05, 3.63) is 35.9 Å². The largest absolute Gasteiger partial charge is 0.356 e. The Kier molecular flexibility index (Phi) is 4.13. The van der Waals surface area contributed by atoms with Crippen LogP contribution in [-0.2, 0) is 4.79 Å². The zero-order chi connectivity index (χ0) is 10.4. The second-order valence-electron chi connectivity index (χ2n) is 3.17. The molecule has 0 fully saturated rings. The number of nitrogens with one attached hydrogen (secondary N) is 1. The van der Waals surface area contributed by atoms with Crippen molar-refractivity contribution in [2.45, 2.75) is 19.4 Å². The maximum absolute atomic E-state index is 11.2. The summed E-state index contributed by atoms with van der Waals surface area (Å²) in [7, 11) is 0. The van der Waals surface area contributed by atoms with E-state index >= 15 is 0 Å². The molecule has 0 radical (unpaired) electrons. The minimum absolute atomic E-state index is 0.00357. The van der Waals surface area contributed by atoms with Gasteiger partial charge in [-0.2, -0.15) is 0 Å². The summed E-state index contributed by atoms with van der Waals surface area (Å²) in [5, 5.41) is 2.73. The van der Waals surface area contributed by atoms with Gasteiger partial charge >= 0.3 is 0 Å². The van der Waals surface area contributed by atoms with E-state index in [-0.39, 0.29) is 11.9 Å². The molecule has 0 unspecified atom stereocenters. The molecule has 1 aromatic rings. The van der Waals surface area contributed by atoms with Crippen molar-refractivity contribution in [3.63, 3.8) is 0 Å². The van der Waals surface area contributed by atoms with Crippen LogP contribution in [0.2, 0.25) is 0 Å². The molecule has 0 aliphatic rings. The van der Waals surface area contributed by atoms with E-state index in [1.54, 1.807) is 0 Å². The molecule has 1 amide bonds. The predicted octanol–water partition coefficient (Wildman–Crippen LogP) is 1.21. The van der Waals surface area contributed by atoms with Crippen LogP contribution in [-0.4, -0.2) is 12.5 Å². The smallest absolute Gasteiger partial charge is 0.221 e. The molecule has 76 valence electrons. The Bertz CT molecular complexity index is 285. The molecule has 0 saturated heterocycles. The van der Waals surface area contributed by atoms with Gasteiger partial charge in [0.1, 0.15) is 0 Å². The normalized spacial score (nSPS) is 12.1. The minimum atomic E-state index is -0.206. The van der Waals surface area contributed by atoms with Gasteiger partial charge in [0.05, 0.1) is 0 Å². The van der Waals surface area contributed by atoms with Gasteiger partial charge in [-0.1, -0.05) is 30.3 Å². The van der Waals surface area contributed by atoms with Crippen LogP contribution in [0.5, 0.6) is 0 Å². The average Bonchev–Trinajstić information content (AvgIpc) is 2.19. The van der Waals surface area contributed by atoms with Gasteiger partial charge in [0, 0.05) is 19.0 Å². The van der Waals surface area contributed by atoms with E-state index in [0.29, 0.717) is 13.0 Å². The summed E-state index contributed by atoms with van der Waals surface area (Å²) in [6.45, 7) is 2.55. The molecule has 1 rings (SSSR count). The lowest BCUT2D eigenvalue weighted by molar-refractivity contribution is -0.121. The van der Waals surface area contributed by atoms with Crippen molar-refractivity contribution in [3.8, 4) is 0 Å². The number of hydrogen-bond donors (Lipinski definition) is 2. The SMILES string of the molecule is CCNC(=O)C[C@@H](N)c1ccccc1. The number of hydrogen-bond acceptors (Lipinski definition) is 2. The highest BCUT2D eigenvalue weighted by atomic mass is 16.1. The van der Waals surface area contributed by atoms with Crippen LogP contribution in [0.25, 0.3) is 0 Å². The fraction of sp³-hybridized carbons (Fsp3) is 0.364. The molecule has 0 bridgehead atoms. The maximum Gasteiger partial charge on any atom is 0.221 e. The van der Waals surface area contributed by atoms with Crippen molar-refractivity contribution in [2.24, 2.45) is 5.73 Å². The first kappa shape index (κ1) is 10.7. The first-order valence-electron chi connectivity index (χ1n) is 4.81. The molecule has 0 heterocycles. The highest BCUT2D eigenvalue weighted by molar-refractivity contribution is 5.76. The van der Waals surface area contributed by atoms with E-state index in [2.05, 4.69) is 5.32 Å². The fourth-order valence-corrected chi connectivity index (χ4v) is 1.29. The van der Waals surface area contributed by atoms with E-state index in [0.717, 1.165) is 5.56 Å². The summed E-state index contributed by atoms with van der Waals surface area (Å²) in [5.41, 5.74) is 6.86. The molecule has 3 heteroatoms. The van der Waals surface area contributed by atoms with Crippen LogP contribution in [0.4, 0.5) is 0 Å². The highest BCUT2D eigenvalue weighted by Crippen LogP contribution is 2.12. The molecule has 1 aromatic carbocycles. The first-order valence-corrected chi connectivity index (χ1v) is 4.81. The number of nitrogens with two attached hydrogens (primary N) is 1. The van der Waals surface area contributed by atoms with Gasteiger partial charge in [0.2, 0.25) is 5.91 Å². The van der Waals surface area contributed by atoms with Crippen molar-refractivity contribution in [1.29, 1.82) is 0 Å². The lowest BCUT2D eigenvalue weighted by Gasteiger charge is -2.11. The standard InChI is InChI=1S/C11H16N2O/c1-2-13-11(14)8-10(12)9-6-4-3-5-7-9/h3-7,10H,2,8,12H2,1H3,(H,13,14)/t10-/m1/s1. The zero-order valence-corrected chi connectivity index (χ0v) is 8.36. The van der Waals surface area contributed by atoms with Crippen LogP contribution in [0.3, 0.4) is 0 Å². The Hall–Kier alpha value is -1.35. The Balaban J connectivity index is 2.50. The van der Waals surface area contributed by atoms with Crippen LogP contribution in [0.15, 0.2) is 30.3 Å². The lowest BCUT2D eigenvalue weighted by atomic mass is 10.0. The molecule has 0 aliphatic heterocycles. The Labute approximate surface area is 84.3 Å². The van der Waals surface area contributed by atoms with Crippen molar-refractivity contribution in [1.82, 2.24) is 5.32 Å². The molecule has 1 atom stereocenters. The Morgan fingerprint density at radius 2 is 2.07 bits per heavy atom. The first-order chi connectivity index (χ1) is 6.74. The van der Waals surface area contributed by atoms with Crippen LogP contribution >= 0.6 is 0 Å². The van der Waals surface area contributed by atoms with Crippen molar-refractivity contribution < 1.29 is 4.79 Å². The summed E-state index contributed by atoms with van der Waals surface area (Å²) in [4.78, 5) is 11.2. The second kappa shape index (κ2) is 5.40. The highest BCUT2D eigenvalue weighted by Gasteiger charge is 2.09. The Morgan fingerprint density at radius 3 is 2.64 bits per heavy atom. The van der Waals surface area contributed by atoms with E-state index in [9.17, 15) is 4.79 Å². The molecule has 0 spiro atoms. The summed E-state index contributed by atoms with van der Waals surface area (Å²) < 4.78 is 0. The third-order valence-electron chi connectivity index (χ3n) is 2.01. The van der Waals surface area contributed by atoms with Crippen molar-refractivity contribution >= 4 is 5.91 Å². The second-order valence-corrected chi connectivity index (χ2v) is 3.17. The predicted molar refractivity (Wildman–Crippen MR) is 56.7 cm³/mol. The van der Waals surface area contributed by atoms with E-state index < -0.39 is 0 Å². The maximum atomic E-state index is 11.2. The quantitative estimate of drug-likeness (QED) is 0.753. The van der Waals surface area contributed by atoms with Gasteiger partial charge in [0.15, 0.2) is 0 Å². The van der Waals surface area contributed by atoms with Gasteiger partial charge in [-0.15, -0.1) is 0 Å². The monoisotopic (exact) mass is 192 g/mol. The van der Waals surface area contributed by atoms with Crippen LogP contribution < -0.4 is 11.1 Å². The van der Waals surface area contributed by atoms with Gasteiger partial charge in [0.25, 0.3) is 0 Å². The number of rotatable bonds is 4. The van der Waals surface area contributed by atoms with E-state index in [4.69, 9.17) is 5.73 Å². The summed E-state index contributed by atoms with van der Waals surface area (Å²) in [6.07, 6.45) is 0.345. The average molecular weight is 192 g/mol. The summed E-state index contributed by atoms with van der Waals surface area (Å²) in [5.74, 6) is 0.00357. The Morgan fingerprint density at radius 1 is 1.43 bits per heavy atom. The third-order valence-corrected chi connectivity index (χ3v) is 2.01. The van der Waals surface area contributed by atoms with Gasteiger partial charge < -0.3 is 11.1 Å². The lowest BCUT2D eigenvalue weighted by Crippen LogP contribution is -2.27. The number of amides is 1. The zero-order valence-electron chi connectivity index (χ0n) is 8.36. The minimum Gasteiger partial charge on any atom is -0.356 e. The third kappa shape index (κ3) is 3.18. The molecule has 14 heavy (non-hydrogen) atoms. The summed E-state index contributed by atoms with van der Waals surface area (Å²) >= 11 is 0. The molecule has 0 aliphatic carbocycles. The molecular weight excluding hydrogens is 176 g/mol. The molecular formula is C11H16N2O. The van der Waals surface area contributed by atoms with Gasteiger partial charge in [-0.05, 0) is 12.5 Å². The molecule has 3 nitrogen and oxygen atoms in total. The molecule has 3 N–H and O–H groups in total. The number of carbonyl (C=O) groups is 1. The van der Waals surface area contributed by atoms with Crippen LogP contribution in [0.1, 0.15) is 24.9 Å². The fourth-order valence-electron chi connectivity index (χ4n) is 1.29. The summed E-state index contributed by atoms with van der Waals surface area (Å²) in [6, 6.07) is 9.44. The van der Waals surface area contributed by atoms with E-state index in [1.807, 2.05) is 37.3 Å². The number of carbonyl (C=O) groups excluding carboxylic acids is 1.